The third-order valence-electron chi connectivity index (χ3n) is 4.70. The van der Waals surface area contributed by atoms with Crippen LogP contribution in [0.5, 0.6) is 0 Å². The number of carbonyl (C=O) groups is 3. The topological polar surface area (TPSA) is 110 Å². The Balaban J connectivity index is 2.04. The third kappa shape index (κ3) is 5.79. The second-order valence-electron chi connectivity index (χ2n) is 6.95. The number of hydrogen-bond donors (Lipinski definition) is 1. The van der Waals surface area contributed by atoms with Gasteiger partial charge in [0.25, 0.3) is 5.91 Å². The van der Waals surface area contributed by atoms with Crippen molar-refractivity contribution in [1.29, 1.82) is 0 Å². The molecule has 0 radical (unpaired) electrons. The minimum Gasteiger partial charge on any atom is -0.452 e. The van der Waals surface area contributed by atoms with Gasteiger partial charge in [-0.2, -0.15) is 0 Å². The number of esters is 1. The van der Waals surface area contributed by atoms with Gasteiger partial charge in [0.15, 0.2) is 16.4 Å². The molecule has 1 heterocycles. The fraction of sp³-hybridized carbons (Fsp3) is 0.526. The minimum atomic E-state index is -3.14. The van der Waals surface area contributed by atoms with E-state index in [9.17, 15) is 22.8 Å². The molecule has 0 spiro atoms. The van der Waals surface area contributed by atoms with Gasteiger partial charge in [-0.1, -0.05) is 13.0 Å². The van der Waals surface area contributed by atoms with Gasteiger partial charge in [0.05, 0.1) is 17.1 Å². The number of nitrogens with one attached hydrogen (secondary N) is 1. The molecule has 0 aromatic heterocycles. The number of sulfone groups is 1. The van der Waals surface area contributed by atoms with Crippen molar-refractivity contribution in [2.75, 3.05) is 23.4 Å². The van der Waals surface area contributed by atoms with E-state index in [1.807, 2.05) is 13.8 Å². The summed E-state index contributed by atoms with van der Waals surface area (Å²) in [5.74, 6) is -1.37. The average molecular weight is 410 g/mol. The SMILES string of the molecule is CC[C@@H](C)N(C(=O)COC(=O)c1cccc(NC(C)=O)c1)[C@@H]1CCS(=O)(=O)C1. The molecule has 2 atom stereocenters. The van der Waals surface area contributed by atoms with Crippen LogP contribution in [0.4, 0.5) is 5.69 Å². The highest BCUT2D eigenvalue weighted by atomic mass is 32.2. The van der Waals surface area contributed by atoms with Crippen LogP contribution in [-0.2, 0) is 24.2 Å². The van der Waals surface area contributed by atoms with Crippen molar-refractivity contribution in [2.24, 2.45) is 0 Å². The van der Waals surface area contributed by atoms with Crippen LogP contribution in [-0.4, -0.2) is 61.3 Å². The molecular formula is C19H26N2O6S. The molecule has 9 heteroatoms. The van der Waals surface area contributed by atoms with Gasteiger partial charge in [0, 0.05) is 24.7 Å². The summed E-state index contributed by atoms with van der Waals surface area (Å²) in [5.41, 5.74) is 0.656. The van der Waals surface area contributed by atoms with E-state index < -0.39 is 34.4 Å². The highest BCUT2D eigenvalue weighted by molar-refractivity contribution is 7.91. The molecule has 1 fully saturated rings. The first-order valence-electron chi connectivity index (χ1n) is 9.19. The molecule has 2 amide bonds. The van der Waals surface area contributed by atoms with Crippen molar-refractivity contribution < 1.29 is 27.5 Å². The van der Waals surface area contributed by atoms with Gasteiger partial charge in [-0.3, -0.25) is 9.59 Å². The second-order valence-corrected chi connectivity index (χ2v) is 9.18. The van der Waals surface area contributed by atoms with E-state index in [1.54, 1.807) is 12.1 Å². The summed E-state index contributed by atoms with van der Waals surface area (Å²) in [7, 11) is -3.14. The van der Waals surface area contributed by atoms with E-state index in [0.717, 1.165) is 0 Å². The zero-order chi connectivity index (χ0) is 20.9. The standard InChI is InChI=1S/C19H26N2O6S/c1-4-13(2)21(17-8-9-28(25,26)12-17)18(23)11-27-19(24)15-6-5-7-16(10-15)20-14(3)22/h5-7,10,13,17H,4,8-9,11-12H2,1-3H3,(H,20,22)/t13-,17-/m1/s1. The first-order valence-corrected chi connectivity index (χ1v) is 11.0. The molecule has 1 saturated heterocycles. The van der Waals surface area contributed by atoms with E-state index >= 15 is 0 Å². The van der Waals surface area contributed by atoms with Gasteiger partial charge in [0.1, 0.15) is 0 Å². The lowest BCUT2D eigenvalue weighted by Gasteiger charge is -2.33. The first kappa shape index (κ1) is 21.9. The quantitative estimate of drug-likeness (QED) is 0.684. The Morgan fingerprint density at radius 3 is 2.61 bits per heavy atom. The van der Waals surface area contributed by atoms with E-state index in [4.69, 9.17) is 4.74 Å². The van der Waals surface area contributed by atoms with E-state index in [-0.39, 0.29) is 29.0 Å². The lowest BCUT2D eigenvalue weighted by molar-refractivity contribution is -0.138. The molecule has 0 aliphatic carbocycles. The van der Waals surface area contributed by atoms with Crippen molar-refractivity contribution in [3.63, 3.8) is 0 Å². The van der Waals surface area contributed by atoms with Crippen LogP contribution in [0.1, 0.15) is 44.0 Å². The Morgan fingerprint density at radius 1 is 1.32 bits per heavy atom. The monoisotopic (exact) mass is 410 g/mol. The zero-order valence-electron chi connectivity index (χ0n) is 16.3. The molecule has 28 heavy (non-hydrogen) atoms. The number of benzene rings is 1. The zero-order valence-corrected chi connectivity index (χ0v) is 17.1. The van der Waals surface area contributed by atoms with Crippen LogP contribution < -0.4 is 5.32 Å². The third-order valence-corrected chi connectivity index (χ3v) is 6.45. The minimum absolute atomic E-state index is 0.0597. The van der Waals surface area contributed by atoms with E-state index in [0.29, 0.717) is 18.5 Å². The maximum absolute atomic E-state index is 12.7. The van der Waals surface area contributed by atoms with Crippen LogP contribution in [0.3, 0.4) is 0 Å². The van der Waals surface area contributed by atoms with Gasteiger partial charge < -0.3 is 15.0 Å². The Morgan fingerprint density at radius 2 is 2.04 bits per heavy atom. The van der Waals surface area contributed by atoms with Crippen molar-refractivity contribution >= 4 is 33.3 Å². The highest BCUT2D eigenvalue weighted by Gasteiger charge is 2.36. The molecule has 1 aromatic rings. The molecule has 0 unspecified atom stereocenters. The Hall–Kier alpha value is -2.42. The maximum Gasteiger partial charge on any atom is 0.338 e. The molecule has 1 N–H and O–H groups in total. The number of nitrogens with zero attached hydrogens (tertiary/aromatic N) is 1. The van der Waals surface area contributed by atoms with Crippen molar-refractivity contribution in [3.8, 4) is 0 Å². The largest absolute Gasteiger partial charge is 0.452 e. The van der Waals surface area contributed by atoms with Gasteiger partial charge in [-0.25, -0.2) is 13.2 Å². The highest BCUT2D eigenvalue weighted by Crippen LogP contribution is 2.21. The number of hydrogen-bond acceptors (Lipinski definition) is 6. The lowest BCUT2D eigenvalue weighted by Crippen LogP contribution is -2.48. The normalized spacial score (nSPS) is 18.9. The summed E-state index contributed by atoms with van der Waals surface area (Å²) in [6.45, 7) is 4.65. The van der Waals surface area contributed by atoms with Crippen molar-refractivity contribution in [1.82, 2.24) is 4.90 Å². The fourth-order valence-corrected chi connectivity index (χ4v) is 4.92. The number of ether oxygens (including phenoxy) is 1. The molecule has 8 nitrogen and oxygen atoms in total. The summed E-state index contributed by atoms with van der Waals surface area (Å²) in [5, 5.41) is 2.57. The molecule has 0 bridgehead atoms. The molecule has 154 valence electrons. The van der Waals surface area contributed by atoms with Crippen LogP contribution in [0.25, 0.3) is 0 Å². The number of anilines is 1. The summed E-state index contributed by atoms with van der Waals surface area (Å²) in [6.07, 6.45) is 1.06. The van der Waals surface area contributed by atoms with Gasteiger partial charge >= 0.3 is 5.97 Å². The Bertz CT molecular complexity index is 852. The van der Waals surface area contributed by atoms with Crippen LogP contribution in [0, 0.1) is 0 Å². The van der Waals surface area contributed by atoms with Gasteiger partial charge in [0.2, 0.25) is 5.91 Å². The Labute approximate surface area is 165 Å². The summed E-state index contributed by atoms with van der Waals surface area (Å²) < 4.78 is 28.7. The van der Waals surface area contributed by atoms with Crippen LogP contribution in [0.2, 0.25) is 0 Å². The molecular weight excluding hydrogens is 384 g/mol. The summed E-state index contributed by atoms with van der Waals surface area (Å²) in [6, 6.07) is 5.66. The number of carbonyl (C=O) groups excluding carboxylic acids is 3. The van der Waals surface area contributed by atoms with E-state index in [1.165, 1.54) is 24.0 Å². The van der Waals surface area contributed by atoms with Crippen molar-refractivity contribution in [3.05, 3.63) is 29.8 Å². The van der Waals surface area contributed by atoms with Crippen molar-refractivity contribution in [2.45, 2.75) is 45.7 Å². The maximum atomic E-state index is 12.7. The Kier molecular flexibility index (Phi) is 7.17. The molecule has 2 rings (SSSR count). The van der Waals surface area contributed by atoms with Crippen LogP contribution in [0.15, 0.2) is 24.3 Å². The van der Waals surface area contributed by atoms with Gasteiger partial charge in [-0.15, -0.1) is 0 Å². The number of amides is 2. The second kappa shape index (κ2) is 9.18. The lowest BCUT2D eigenvalue weighted by atomic mass is 10.1. The predicted molar refractivity (Wildman–Crippen MR) is 105 cm³/mol. The van der Waals surface area contributed by atoms with E-state index in [2.05, 4.69) is 5.32 Å². The smallest absolute Gasteiger partial charge is 0.338 e. The molecule has 1 aliphatic rings. The number of rotatable bonds is 7. The van der Waals surface area contributed by atoms with Crippen LogP contribution >= 0.6 is 0 Å². The predicted octanol–water partition coefficient (Wildman–Crippen LogP) is 1.62. The summed E-state index contributed by atoms with van der Waals surface area (Å²) >= 11 is 0. The average Bonchev–Trinajstić information content (AvgIpc) is 2.98. The summed E-state index contributed by atoms with van der Waals surface area (Å²) in [4.78, 5) is 37.6. The molecule has 1 aromatic carbocycles. The first-order chi connectivity index (χ1) is 13.1. The molecule has 0 saturated carbocycles. The molecule has 1 aliphatic heterocycles. The van der Waals surface area contributed by atoms with Gasteiger partial charge in [-0.05, 0) is 38.0 Å². The fourth-order valence-electron chi connectivity index (χ4n) is 3.21.